The van der Waals surface area contributed by atoms with Crippen LogP contribution in [0.3, 0.4) is 0 Å². The van der Waals surface area contributed by atoms with Crippen LogP contribution in [0.5, 0.6) is 0 Å². The zero-order valence-corrected chi connectivity index (χ0v) is 11.1. The van der Waals surface area contributed by atoms with Crippen LogP contribution in [0.4, 0.5) is 0 Å². The quantitative estimate of drug-likeness (QED) is 0.551. The average Bonchev–Trinajstić information content (AvgIpc) is 2.25. The van der Waals surface area contributed by atoms with Crippen LogP contribution >= 0.6 is 0 Å². The lowest BCUT2D eigenvalue weighted by Crippen LogP contribution is -2.31. The number of aliphatic hydroxyl groups is 2. The Balaban J connectivity index is 3.19. The molecule has 0 aliphatic carbocycles. The smallest absolute Gasteiger partial charge is 0.0821 e. The summed E-state index contributed by atoms with van der Waals surface area (Å²) in [7, 11) is 0. The van der Waals surface area contributed by atoms with Crippen LogP contribution in [-0.2, 0) is 14.2 Å². The van der Waals surface area contributed by atoms with Crippen molar-refractivity contribution in [3.05, 3.63) is 0 Å². The third kappa shape index (κ3) is 10.7. The van der Waals surface area contributed by atoms with Gasteiger partial charge in [-0.25, -0.2) is 0 Å². The van der Waals surface area contributed by atoms with Gasteiger partial charge in [-0.2, -0.15) is 0 Å². The van der Waals surface area contributed by atoms with Gasteiger partial charge in [-0.1, -0.05) is 20.8 Å². The number of hydrogen-bond donors (Lipinski definition) is 2. The van der Waals surface area contributed by atoms with E-state index in [9.17, 15) is 5.11 Å². The molecule has 17 heavy (non-hydrogen) atoms. The second-order valence-electron chi connectivity index (χ2n) is 4.91. The highest BCUT2D eigenvalue weighted by atomic mass is 16.5. The van der Waals surface area contributed by atoms with Crippen molar-refractivity contribution < 1.29 is 24.4 Å². The fourth-order valence-electron chi connectivity index (χ4n) is 0.949. The Morgan fingerprint density at radius 2 is 1.35 bits per heavy atom. The molecule has 0 fully saturated rings. The molecular weight excluding hydrogens is 224 g/mol. The van der Waals surface area contributed by atoms with Gasteiger partial charge in [0.1, 0.15) is 0 Å². The second kappa shape index (κ2) is 9.79. The Labute approximate surface area is 104 Å². The number of ether oxygens (including phenoxy) is 3. The highest BCUT2D eigenvalue weighted by Crippen LogP contribution is 2.18. The van der Waals surface area contributed by atoms with Gasteiger partial charge in [0.2, 0.25) is 0 Å². The Hall–Kier alpha value is -0.200. The van der Waals surface area contributed by atoms with E-state index in [-0.39, 0.29) is 12.0 Å². The first-order valence-corrected chi connectivity index (χ1v) is 6.00. The molecule has 5 heteroatoms. The van der Waals surface area contributed by atoms with Crippen molar-refractivity contribution in [1.82, 2.24) is 0 Å². The summed E-state index contributed by atoms with van der Waals surface area (Å²) < 4.78 is 15.5. The fourth-order valence-corrected chi connectivity index (χ4v) is 0.949. The molecule has 0 aliphatic rings. The average molecular weight is 250 g/mol. The predicted molar refractivity (Wildman–Crippen MR) is 65.0 cm³/mol. The first kappa shape index (κ1) is 16.8. The summed E-state index contributed by atoms with van der Waals surface area (Å²) in [6.07, 6.45) is -0.463. The predicted octanol–water partition coefficient (Wildman–Crippen LogP) is 0.435. The molecule has 0 heterocycles. The van der Waals surface area contributed by atoms with E-state index in [0.717, 1.165) is 0 Å². The highest BCUT2D eigenvalue weighted by Gasteiger charge is 2.21. The van der Waals surface area contributed by atoms with Gasteiger partial charge in [0.05, 0.1) is 52.4 Å². The molecule has 2 N–H and O–H groups in total. The van der Waals surface area contributed by atoms with Crippen LogP contribution in [0, 0.1) is 5.41 Å². The molecule has 0 rings (SSSR count). The first-order valence-electron chi connectivity index (χ1n) is 6.00. The van der Waals surface area contributed by atoms with Crippen molar-refractivity contribution in [3.8, 4) is 0 Å². The molecule has 104 valence electrons. The van der Waals surface area contributed by atoms with Gasteiger partial charge in [-0.3, -0.25) is 0 Å². The molecule has 0 radical (unpaired) electrons. The van der Waals surface area contributed by atoms with E-state index in [1.807, 2.05) is 20.8 Å². The molecule has 0 aromatic carbocycles. The topological polar surface area (TPSA) is 68.2 Å². The molecule has 0 saturated carbocycles. The monoisotopic (exact) mass is 250 g/mol. The van der Waals surface area contributed by atoms with Crippen molar-refractivity contribution in [2.24, 2.45) is 5.41 Å². The van der Waals surface area contributed by atoms with E-state index in [0.29, 0.717) is 39.6 Å². The Morgan fingerprint density at radius 1 is 0.882 bits per heavy atom. The fraction of sp³-hybridized carbons (Fsp3) is 1.00. The second-order valence-corrected chi connectivity index (χ2v) is 4.91. The van der Waals surface area contributed by atoms with Crippen LogP contribution < -0.4 is 0 Å². The summed E-state index contributed by atoms with van der Waals surface area (Å²) in [4.78, 5) is 0. The van der Waals surface area contributed by atoms with Crippen molar-refractivity contribution in [2.45, 2.75) is 26.9 Å². The van der Waals surface area contributed by atoms with Gasteiger partial charge in [0.15, 0.2) is 0 Å². The van der Waals surface area contributed by atoms with Gasteiger partial charge in [-0.15, -0.1) is 0 Å². The molecule has 0 aromatic heterocycles. The van der Waals surface area contributed by atoms with Gasteiger partial charge in [0, 0.05) is 0 Å². The van der Waals surface area contributed by atoms with Crippen LogP contribution in [0.15, 0.2) is 0 Å². The Bertz CT molecular complexity index is 167. The molecule has 0 bridgehead atoms. The summed E-state index contributed by atoms with van der Waals surface area (Å²) in [5.41, 5.74) is -0.154. The Morgan fingerprint density at radius 3 is 1.82 bits per heavy atom. The van der Waals surface area contributed by atoms with E-state index < -0.39 is 6.10 Å². The van der Waals surface area contributed by atoms with Gasteiger partial charge >= 0.3 is 0 Å². The minimum absolute atomic E-state index is 0.0355. The van der Waals surface area contributed by atoms with Crippen LogP contribution in [0.1, 0.15) is 20.8 Å². The molecule has 0 amide bonds. The summed E-state index contributed by atoms with van der Waals surface area (Å²) in [5, 5.41) is 18.1. The first-order chi connectivity index (χ1) is 7.98. The van der Waals surface area contributed by atoms with E-state index in [2.05, 4.69) is 0 Å². The van der Waals surface area contributed by atoms with Gasteiger partial charge < -0.3 is 24.4 Å². The summed E-state index contributed by atoms with van der Waals surface area (Å²) in [6.45, 7) is 8.53. The highest BCUT2D eigenvalue weighted by molar-refractivity contribution is 4.71. The third-order valence-electron chi connectivity index (χ3n) is 2.26. The lowest BCUT2D eigenvalue weighted by molar-refractivity contribution is -0.0411. The molecule has 5 nitrogen and oxygen atoms in total. The standard InChI is InChI=1S/C12H26O5/c1-12(2,3)11(14)10-17-9-8-16-7-6-15-5-4-13/h11,13-14H,4-10H2,1-3H3. The molecule has 0 saturated heterocycles. The van der Waals surface area contributed by atoms with Crippen LogP contribution in [-0.4, -0.2) is 62.6 Å². The van der Waals surface area contributed by atoms with E-state index in [1.54, 1.807) is 0 Å². The number of rotatable bonds is 10. The zero-order chi connectivity index (χ0) is 13.1. The molecular formula is C12H26O5. The van der Waals surface area contributed by atoms with Crippen molar-refractivity contribution in [3.63, 3.8) is 0 Å². The van der Waals surface area contributed by atoms with Gasteiger partial charge in [0.25, 0.3) is 0 Å². The lowest BCUT2D eigenvalue weighted by atomic mass is 9.90. The largest absolute Gasteiger partial charge is 0.394 e. The van der Waals surface area contributed by atoms with E-state index in [4.69, 9.17) is 19.3 Å². The summed E-state index contributed by atoms with van der Waals surface area (Å²) in [5.74, 6) is 0. The van der Waals surface area contributed by atoms with Crippen LogP contribution in [0.25, 0.3) is 0 Å². The number of aliphatic hydroxyl groups excluding tert-OH is 2. The maximum absolute atomic E-state index is 9.68. The van der Waals surface area contributed by atoms with Crippen molar-refractivity contribution in [1.29, 1.82) is 0 Å². The summed E-state index contributed by atoms with van der Waals surface area (Å²) in [6, 6.07) is 0. The minimum atomic E-state index is -0.463. The third-order valence-corrected chi connectivity index (χ3v) is 2.26. The molecule has 0 aromatic rings. The van der Waals surface area contributed by atoms with Crippen LogP contribution in [0.2, 0.25) is 0 Å². The molecule has 1 atom stereocenters. The van der Waals surface area contributed by atoms with E-state index >= 15 is 0 Å². The van der Waals surface area contributed by atoms with Crippen molar-refractivity contribution in [2.75, 3.05) is 46.2 Å². The normalized spacial score (nSPS) is 13.9. The summed E-state index contributed by atoms with van der Waals surface area (Å²) >= 11 is 0. The molecule has 0 aliphatic heterocycles. The van der Waals surface area contributed by atoms with Gasteiger partial charge in [-0.05, 0) is 5.41 Å². The molecule has 0 spiro atoms. The maximum Gasteiger partial charge on any atom is 0.0821 e. The molecule has 1 unspecified atom stereocenters. The zero-order valence-electron chi connectivity index (χ0n) is 11.1. The van der Waals surface area contributed by atoms with E-state index in [1.165, 1.54) is 0 Å². The minimum Gasteiger partial charge on any atom is -0.394 e. The number of hydrogen-bond acceptors (Lipinski definition) is 5. The Kier molecular flexibility index (Phi) is 9.68. The SMILES string of the molecule is CC(C)(C)C(O)COCCOCCOCCO. The lowest BCUT2D eigenvalue weighted by Gasteiger charge is -2.25. The maximum atomic E-state index is 9.68. The van der Waals surface area contributed by atoms with Crippen molar-refractivity contribution >= 4 is 0 Å².